The second-order valence-corrected chi connectivity index (χ2v) is 11.6. The smallest absolute Gasteiger partial charge is 0.258 e. The Labute approximate surface area is 242 Å². The lowest BCUT2D eigenvalue weighted by atomic mass is 10.1. The van der Waals surface area contributed by atoms with Crippen LogP contribution in [-0.4, -0.2) is 77.5 Å². The number of hydrogen-bond acceptors (Lipinski definition) is 7. The maximum absolute atomic E-state index is 13.7. The van der Waals surface area contributed by atoms with Gasteiger partial charge < -0.3 is 20.3 Å². The van der Waals surface area contributed by atoms with Crippen molar-refractivity contribution in [2.75, 3.05) is 48.9 Å². The molecule has 9 nitrogen and oxygen atoms in total. The first-order valence-electron chi connectivity index (χ1n) is 14.4. The lowest BCUT2D eigenvalue weighted by Crippen LogP contribution is -2.44. The quantitative estimate of drug-likeness (QED) is 0.298. The van der Waals surface area contributed by atoms with Gasteiger partial charge in [-0.3, -0.25) is 19.8 Å². The molecule has 2 bridgehead atoms. The SMILES string of the molecule is CN1C[C@H]2C[C@@H]1CN2c1ccc(C(=O)Nc2n[nH]c3cnc(Cc4cc(F)cc(F)c4)cc23)c(NC2CCOCC2)c1. The highest BCUT2D eigenvalue weighted by atomic mass is 19.1. The number of nitrogens with zero attached hydrogens (tertiary/aromatic N) is 4. The molecule has 7 rings (SSSR count). The van der Waals surface area contributed by atoms with E-state index in [4.69, 9.17) is 4.74 Å². The molecular weight excluding hydrogens is 540 g/mol. The average molecular weight is 574 g/mol. The first kappa shape index (κ1) is 26.8. The molecule has 0 saturated carbocycles. The fraction of sp³-hybridized carbons (Fsp3) is 0.387. The van der Waals surface area contributed by atoms with E-state index in [1.807, 2.05) is 12.1 Å². The summed E-state index contributed by atoms with van der Waals surface area (Å²) in [6, 6.07) is 12.5. The number of likely N-dealkylation sites (N-methyl/N-ethyl adjacent to an activating group) is 1. The molecule has 1 amide bonds. The summed E-state index contributed by atoms with van der Waals surface area (Å²) in [5.41, 5.74) is 4.16. The van der Waals surface area contributed by atoms with E-state index in [9.17, 15) is 13.6 Å². The Balaban J connectivity index is 1.15. The van der Waals surface area contributed by atoms with Crippen molar-refractivity contribution in [3.63, 3.8) is 0 Å². The largest absolute Gasteiger partial charge is 0.381 e. The fourth-order valence-corrected chi connectivity index (χ4v) is 6.52. The summed E-state index contributed by atoms with van der Waals surface area (Å²) in [7, 11) is 2.19. The third kappa shape index (κ3) is 5.30. The molecule has 4 aromatic rings. The van der Waals surface area contributed by atoms with E-state index in [1.54, 1.807) is 12.3 Å². The third-order valence-corrected chi connectivity index (χ3v) is 8.72. The molecule has 3 N–H and O–H groups in total. The number of benzene rings is 2. The van der Waals surface area contributed by atoms with Gasteiger partial charge >= 0.3 is 0 Å². The average Bonchev–Trinajstić information content (AvgIpc) is 3.67. The zero-order valence-corrected chi connectivity index (χ0v) is 23.4. The highest BCUT2D eigenvalue weighted by Gasteiger charge is 2.41. The van der Waals surface area contributed by atoms with Crippen molar-refractivity contribution < 1.29 is 18.3 Å². The number of likely N-dealkylation sites (tertiary alicyclic amines) is 1. The lowest BCUT2D eigenvalue weighted by molar-refractivity contribution is 0.0904. The summed E-state index contributed by atoms with van der Waals surface area (Å²) in [4.78, 5) is 23.0. The molecule has 2 aromatic carbocycles. The molecule has 42 heavy (non-hydrogen) atoms. The molecule has 3 fully saturated rings. The molecule has 0 aliphatic carbocycles. The number of carbonyl (C=O) groups excluding carboxylic acids is 1. The Morgan fingerprint density at radius 3 is 2.62 bits per heavy atom. The number of aromatic amines is 1. The van der Waals surface area contributed by atoms with Crippen molar-refractivity contribution in [1.29, 1.82) is 0 Å². The van der Waals surface area contributed by atoms with Crippen molar-refractivity contribution in [3.05, 3.63) is 77.1 Å². The summed E-state index contributed by atoms with van der Waals surface area (Å²) in [5.74, 6) is -1.19. The van der Waals surface area contributed by atoms with Crippen LogP contribution in [0.25, 0.3) is 10.9 Å². The van der Waals surface area contributed by atoms with Crippen LogP contribution < -0.4 is 15.5 Å². The number of ether oxygens (including phenoxy) is 1. The van der Waals surface area contributed by atoms with E-state index >= 15 is 0 Å². The Kier molecular flexibility index (Phi) is 6.99. The maximum atomic E-state index is 13.7. The van der Waals surface area contributed by atoms with Crippen molar-refractivity contribution in [2.24, 2.45) is 0 Å². The number of aromatic nitrogens is 3. The second kappa shape index (κ2) is 11.0. The first-order valence-corrected chi connectivity index (χ1v) is 14.4. The van der Waals surface area contributed by atoms with Gasteiger partial charge in [0.15, 0.2) is 5.82 Å². The van der Waals surface area contributed by atoms with Gasteiger partial charge in [0.25, 0.3) is 5.91 Å². The highest BCUT2D eigenvalue weighted by Crippen LogP contribution is 2.36. The summed E-state index contributed by atoms with van der Waals surface area (Å²) in [6.07, 6.45) is 4.76. The summed E-state index contributed by atoms with van der Waals surface area (Å²) < 4.78 is 33.0. The van der Waals surface area contributed by atoms with Crippen LogP contribution in [0.2, 0.25) is 0 Å². The molecular formula is C31H33F2N7O2. The number of fused-ring (bicyclic) bond motifs is 3. The monoisotopic (exact) mass is 573 g/mol. The minimum atomic E-state index is -0.636. The minimum absolute atomic E-state index is 0.217. The van der Waals surface area contributed by atoms with Gasteiger partial charge in [0.2, 0.25) is 0 Å². The number of carbonyl (C=O) groups is 1. The Morgan fingerprint density at radius 2 is 1.88 bits per heavy atom. The third-order valence-electron chi connectivity index (χ3n) is 8.72. The molecule has 3 saturated heterocycles. The minimum Gasteiger partial charge on any atom is -0.381 e. The van der Waals surface area contributed by atoms with E-state index in [-0.39, 0.29) is 18.4 Å². The van der Waals surface area contributed by atoms with Crippen molar-refractivity contribution in [1.82, 2.24) is 20.1 Å². The molecule has 0 radical (unpaired) electrons. The predicted molar refractivity (Wildman–Crippen MR) is 157 cm³/mol. The van der Waals surface area contributed by atoms with Gasteiger partial charge in [0, 0.05) is 79.4 Å². The molecule has 3 aliphatic heterocycles. The molecule has 5 heterocycles. The Morgan fingerprint density at radius 1 is 1.07 bits per heavy atom. The van der Waals surface area contributed by atoms with Crippen LogP contribution in [0.1, 0.15) is 40.9 Å². The molecule has 3 aliphatic rings. The van der Waals surface area contributed by atoms with E-state index in [1.165, 1.54) is 18.6 Å². The normalized spacial score (nSPS) is 20.9. The van der Waals surface area contributed by atoms with Gasteiger partial charge in [-0.05, 0) is 68.3 Å². The molecule has 218 valence electrons. The van der Waals surface area contributed by atoms with Crippen LogP contribution in [-0.2, 0) is 11.2 Å². The predicted octanol–water partition coefficient (Wildman–Crippen LogP) is 4.56. The number of anilines is 3. The first-order chi connectivity index (χ1) is 20.4. The van der Waals surface area contributed by atoms with Gasteiger partial charge in [0.05, 0.1) is 17.3 Å². The summed E-state index contributed by atoms with van der Waals surface area (Å²) in [5, 5.41) is 14.5. The number of halogens is 2. The standard InChI is InChI=1S/C31H33F2N7O2/c1-39-16-25-13-24(39)17-40(25)23-2-3-26(28(14-23)35-21-4-6-42-7-5-21)31(41)36-30-27-12-22(34-15-29(27)37-38-30)10-18-8-19(32)11-20(33)9-18/h2-3,8-9,11-12,14-15,21,24-25,35H,4-7,10,13,16-17H2,1H3,(H2,36,37,38,41)/t24-,25-/m1/s1. The zero-order chi connectivity index (χ0) is 28.8. The van der Waals surface area contributed by atoms with Gasteiger partial charge in [-0.25, -0.2) is 8.78 Å². The number of rotatable bonds is 7. The van der Waals surface area contributed by atoms with Gasteiger partial charge in [-0.1, -0.05) is 0 Å². The van der Waals surface area contributed by atoms with Crippen LogP contribution in [0.4, 0.5) is 26.0 Å². The molecule has 2 aromatic heterocycles. The van der Waals surface area contributed by atoms with Crippen molar-refractivity contribution in [2.45, 2.75) is 43.8 Å². The second-order valence-electron chi connectivity index (χ2n) is 11.6. The number of hydrogen-bond donors (Lipinski definition) is 3. The van der Waals surface area contributed by atoms with Gasteiger partial charge in [-0.15, -0.1) is 0 Å². The number of H-pyrrole nitrogens is 1. The molecule has 11 heteroatoms. The van der Waals surface area contributed by atoms with Gasteiger partial charge in [-0.2, -0.15) is 5.10 Å². The highest BCUT2D eigenvalue weighted by molar-refractivity contribution is 6.11. The Hall–Kier alpha value is -4.09. The fourth-order valence-electron chi connectivity index (χ4n) is 6.52. The van der Waals surface area contributed by atoms with Crippen molar-refractivity contribution >= 4 is 34.0 Å². The van der Waals surface area contributed by atoms with E-state index < -0.39 is 11.6 Å². The molecule has 2 atom stereocenters. The summed E-state index contributed by atoms with van der Waals surface area (Å²) in [6.45, 7) is 3.42. The zero-order valence-electron chi connectivity index (χ0n) is 23.4. The number of pyridine rings is 1. The lowest BCUT2D eigenvalue weighted by Gasteiger charge is -2.34. The number of piperazine rings is 1. The van der Waals surface area contributed by atoms with Crippen LogP contribution in [0, 0.1) is 11.6 Å². The Bertz CT molecular complexity index is 1610. The topological polar surface area (TPSA) is 98.4 Å². The summed E-state index contributed by atoms with van der Waals surface area (Å²) >= 11 is 0. The maximum Gasteiger partial charge on any atom is 0.258 e. The van der Waals surface area contributed by atoms with E-state index in [0.29, 0.717) is 58.8 Å². The van der Waals surface area contributed by atoms with E-state index in [0.717, 1.165) is 43.4 Å². The van der Waals surface area contributed by atoms with Crippen molar-refractivity contribution in [3.8, 4) is 0 Å². The number of nitrogens with one attached hydrogen (secondary N) is 3. The number of amides is 1. The van der Waals surface area contributed by atoms with E-state index in [2.05, 4.69) is 48.7 Å². The van der Waals surface area contributed by atoms with Crippen LogP contribution in [0.15, 0.2) is 48.7 Å². The van der Waals surface area contributed by atoms with Crippen LogP contribution >= 0.6 is 0 Å². The van der Waals surface area contributed by atoms with Crippen LogP contribution in [0.3, 0.4) is 0 Å². The van der Waals surface area contributed by atoms with Crippen LogP contribution in [0.5, 0.6) is 0 Å². The molecule has 0 unspecified atom stereocenters. The molecule has 0 spiro atoms. The van der Waals surface area contributed by atoms with Gasteiger partial charge in [0.1, 0.15) is 11.6 Å².